The SMILES string of the molecule is CCOC(=O)Cn1c(C)c(C=NNC(=O)c2cc3c(OC)cc(OC)cc3o2)c2ccccc21. The number of amides is 1. The molecule has 0 unspecified atom stereocenters. The maximum Gasteiger partial charge on any atom is 0.325 e. The predicted molar refractivity (Wildman–Crippen MR) is 128 cm³/mol. The topological polar surface area (TPSA) is 104 Å². The van der Waals surface area contributed by atoms with Gasteiger partial charge in [-0.1, -0.05) is 18.2 Å². The van der Waals surface area contributed by atoms with E-state index in [2.05, 4.69) is 10.5 Å². The maximum absolute atomic E-state index is 12.7. The summed E-state index contributed by atoms with van der Waals surface area (Å²) in [6, 6.07) is 12.7. The van der Waals surface area contributed by atoms with E-state index in [9.17, 15) is 9.59 Å². The van der Waals surface area contributed by atoms with Crippen molar-refractivity contribution in [3.8, 4) is 11.5 Å². The normalized spacial score (nSPS) is 11.3. The first-order valence-corrected chi connectivity index (χ1v) is 10.7. The first-order chi connectivity index (χ1) is 16.5. The first-order valence-electron chi connectivity index (χ1n) is 10.7. The molecule has 176 valence electrons. The number of furan rings is 1. The molecule has 0 atom stereocenters. The minimum Gasteiger partial charge on any atom is -0.496 e. The second-order valence-corrected chi connectivity index (χ2v) is 7.46. The van der Waals surface area contributed by atoms with Crippen LogP contribution in [0, 0.1) is 6.92 Å². The van der Waals surface area contributed by atoms with Crippen LogP contribution in [-0.4, -0.2) is 43.5 Å². The third-order valence-electron chi connectivity index (χ3n) is 5.48. The van der Waals surface area contributed by atoms with Gasteiger partial charge in [0.1, 0.15) is 23.6 Å². The molecule has 4 aromatic rings. The van der Waals surface area contributed by atoms with Crippen LogP contribution in [-0.2, 0) is 16.1 Å². The van der Waals surface area contributed by atoms with Crippen LogP contribution in [0.2, 0.25) is 0 Å². The number of esters is 1. The van der Waals surface area contributed by atoms with Gasteiger partial charge in [-0.25, -0.2) is 5.43 Å². The zero-order valence-electron chi connectivity index (χ0n) is 19.4. The van der Waals surface area contributed by atoms with Crippen LogP contribution in [0.1, 0.15) is 28.7 Å². The summed E-state index contributed by atoms with van der Waals surface area (Å²) in [6.07, 6.45) is 1.56. The van der Waals surface area contributed by atoms with E-state index in [0.717, 1.165) is 22.2 Å². The third-order valence-corrected chi connectivity index (χ3v) is 5.48. The highest BCUT2D eigenvalue weighted by Gasteiger charge is 2.17. The van der Waals surface area contributed by atoms with Crippen molar-refractivity contribution < 1.29 is 28.2 Å². The number of nitrogens with zero attached hydrogens (tertiary/aromatic N) is 2. The fourth-order valence-electron chi connectivity index (χ4n) is 3.85. The summed E-state index contributed by atoms with van der Waals surface area (Å²) in [4.78, 5) is 24.7. The van der Waals surface area contributed by atoms with Gasteiger partial charge >= 0.3 is 11.9 Å². The van der Waals surface area contributed by atoms with Crippen molar-refractivity contribution in [2.24, 2.45) is 5.10 Å². The average molecular weight is 463 g/mol. The van der Waals surface area contributed by atoms with Gasteiger partial charge in [0.05, 0.1) is 32.4 Å². The van der Waals surface area contributed by atoms with Crippen LogP contribution in [0.3, 0.4) is 0 Å². The number of hydrogen-bond donors (Lipinski definition) is 1. The minimum absolute atomic E-state index is 0.0835. The Balaban J connectivity index is 1.59. The lowest BCUT2D eigenvalue weighted by Crippen LogP contribution is -2.17. The quantitative estimate of drug-likeness (QED) is 0.240. The number of methoxy groups -OCH3 is 2. The van der Waals surface area contributed by atoms with Crippen molar-refractivity contribution in [2.75, 3.05) is 20.8 Å². The smallest absolute Gasteiger partial charge is 0.325 e. The summed E-state index contributed by atoms with van der Waals surface area (Å²) >= 11 is 0. The molecule has 1 amide bonds. The summed E-state index contributed by atoms with van der Waals surface area (Å²) in [6.45, 7) is 4.07. The van der Waals surface area contributed by atoms with Crippen molar-refractivity contribution in [1.82, 2.24) is 9.99 Å². The number of aromatic nitrogens is 1. The number of rotatable bonds is 8. The van der Waals surface area contributed by atoms with Crippen LogP contribution < -0.4 is 14.9 Å². The van der Waals surface area contributed by atoms with Gasteiger partial charge in [0, 0.05) is 40.4 Å². The number of hydrogen-bond acceptors (Lipinski definition) is 7. The number of hydrazone groups is 1. The molecule has 2 aromatic carbocycles. The largest absolute Gasteiger partial charge is 0.496 e. The van der Waals surface area contributed by atoms with E-state index < -0.39 is 5.91 Å². The lowest BCUT2D eigenvalue weighted by molar-refractivity contribution is -0.143. The Morgan fingerprint density at radius 1 is 1.12 bits per heavy atom. The van der Waals surface area contributed by atoms with E-state index in [1.54, 1.807) is 31.3 Å². The molecular formula is C25H25N3O6. The third kappa shape index (κ3) is 4.32. The average Bonchev–Trinajstić information content (AvgIpc) is 3.38. The monoisotopic (exact) mass is 463 g/mol. The summed E-state index contributed by atoms with van der Waals surface area (Å²) in [5.74, 6) is 0.339. The Hall–Kier alpha value is -4.27. The van der Waals surface area contributed by atoms with Crippen molar-refractivity contribution >= 4 is 40.0 Å². The van der Waals surface area contributed by atoms with Gasteiger partial charge in [-0.05, 0) is 19.9 Å². The zero-order valence-corrected chi connectivity index (χ0v) is 19.4. The predicted octanol–water partition coefficient (Wildman–Crippen LogP) is 4.04. The molecule has 2 aromatic heterocycles. The molecule has 9 nitrogen and oxygen atoms in total. The maximum atomic E-state index is 12.7. The van der Waals surface area contributed by atoms with Crippen LogP contribution in [0.15, 0.2) is 52.0 Å². The van der Waals surface area contributed by atoms with Crippen LogP contribution in [0.5, 0.6) is 11.5 Å². The van der Waals surface area contributed by atoms with Gasteiger partial charge in [-0.3, -0.25) is 9.59 Å². The second-order valence-electron chi connectivity index (χ2n) is 7.46. The van der Waals surface area contributed by atoms with E-state index in [0.29, 0.717) is 29.1 Å². The summed E-state index contributed by atoms with van der Waals surface area (Å²) in [7, 11) is 3.07. The van der Waals surface area contributed by atoms with E-state index in [1.807, 2.05) is 35.8 Å². The second kappa shape index (κ2) is 9.70. The number of para-hydroxylation sites is 1. The standard InChI is InChI=1S/C25H25N3O6/c1-5-33-24(29)14-28-15(2)19(17-8-6-7-9-20(17)28)13-26-27-25(30)23-12-18-21(32-4)10-16(31-3)11-22(18)34-23/h6-13H,5,14H2,1-4H3,(H,27,30). The molecule has 2 heterocycles. The lowest BCUT2D eigenvalue weighted by Gasteiger charge is -2.07. The van der Waals surface area contributed by atoms with Crippen molar-refractivity contribution in [2.45, 2.75) is 20.4 Å². The molecule has 0 spiro atoms. The molecule has 0 saturated carbocycles. The molecule has 34 heavy (non-hydrogen) atoms. The summed E-state index contributed by atoms with van der Waals surface area (Å²) < 4.78 is 23.3. The number of carbonyl (C=O) groups is 2. The highest BCUT2D eigenvalue weighted by Crippen LogP contribution is 2.33. The van der Waals surface area contributed by atoms with Gasteiger partial charge in [-0.2, -0.15) is 5.10 Å². The number of fused-ring (bicyclic) bond motifs is 2. The van der Waals surface area contributed by atoms with E-state index in [1.165, 1.54) is 14.2 Å². The van der Waals surface area contributed by atoms with Crippen LogP contribution >= 0.6 is 0 Å². The number of benzene rings is 2. The van der Waals surface area contributed by atoms with Gasteiger partial charge in [0.15, 0.2) is 5.76 Å². The van der Waals surface area contributed by atoms with E-state index in [4.69, 9.17) is 18.6 Å². The van der Waals surface area contributed by atoms with E-state index in [-0.39, 0.29) is 18.3 Å². The summed E-state index contributed by atoms with van der Waals surface area (Å²) in [5.41, 5.74) is 5.45. The fourth-order valence-corrected chi connectivity index (χ4v) is 3.85. The Morgan fingerprint density at radius 2 is 1.91 bits per heavy atom. The molecule has 0 fully saturated rings. The van der Waals surface area contributed by atoms with E-state index >= 15 is 0 Å². The molecule has 0 bridgehead atoms. The zero-order chi connectivity index (χ0) is 24.2. The lowest BCUT2D eigenvalue weighted by atomic mass is 10.1. The highest BCUT2D eigenvalue weighted by molar-refractivity contribution is 6.03. The fraction of sp³-hybridized carbons (Fsp3) is 0.240. The first kappa shape index (κ1) is 22.9. The minimum atomic E-state index is -0.513. The Bertz CT molecular complexity index is 1400. The van der Waals surface area contributed by atoms with Gasteiger partial charge in [0.25, 0.3) is 0 Å². The van der Waals surface area contributed by atoms with Gasteiger partial charge in [0.2, 0.25) is 0 Å². The molecule has 0 aliphatic carbocycles. The molecule has 0 saturated heterocycles. The molecule has 0 aliphatic rings. The Kier molecular flexibility index (Phi) is 6.53. The molecule has 1 N–H and O–H groups in total. The molecule has 9 heteroatoms. The van der Waals surface area contributed by atoms with Crippen molar-refractivity contribution in [3.63, 3.8) is 0 Å². The Labute approximate surface area is 195 Å². The molecule has 0 aliphatic heterocycles. The molecule has 0 radical (unpaired) electrons. The molecule has 4 rings (SSSR count). The van der Waals surface area contributed by atoms with Crippen LogP contribution in [0.4, 0.5) is 0 Å². The van der Waals surface area contributed by atoms with Crippen molar-refractivity contribution in [1.29, 1.82) is 0 Å². The highest BCUT2D eigenvalue weighted by atomic mass is 16.5. The van der Waals surface area contributed by atoms with Gasteiger partial charge < -0.3 is 23.2 Å². The molecular weight excluding hydrogens is 438 g/mol. The summed E-state index contributed by atoms with van der Waals surface area (Å²) in [5, 5.41) is 5.69. The van der Waals surface area contributed by atoms with Crippen molar-refractivity contribution in [3.05, 3.63) is 59.5 Å². The Morgan fingerprint density at radius 3 is 2.65 bits per heavy atom. The number of nitrogens with one attached hydrogen (secondary N) is 1. The number of ether oxygens (including phenoxy) is 3. The van der Waals surface area contributed by atoms with Crippen LogP contribution in [0.25, 0.3) is 21.9 Å². The van der Waals surface area contributed by atoms with Gasteiger partial charge in [-0.15, -0.1) is 0 Å². The number of carbonyl (C=O) groups excluding carboxylic acids is 2.